The summed E-state index contributed by atoms with van der Waals surface area (Å²) in [4.78, 5) is 16.6. The van der Waals surface area contributed by atoms with E-state index >= 15 is 0 Å². The number of benzene rings is 1. The van der Waals surface area contributed by atoms with E-state index in [-0.39, 0.29) is 11.9 Å². The van der Waals surface area contributed by atoms with Crippen molar-refractivity contribution >= 4 is 17.2 Å². The molecule has 0 spiro atoms. The fourth-order valence-electron chi connectivity index (χ4n) is 3.68. The van der Waals surface area contributed by atoms with E-state index in [1.54, 1.807) is 11.3 Å². The zero-order valence-corrected chi connectivity index (χ0v) is 16.0. The predicted molar refractivity (Wildman–Crippen MR) is 106 cm³/mol. The summed E-state index contributed by atoms with van der Waals surface area (Å²) in [5.74, 6) is 1.78. The van der Waals surface area contributed by atoms with Gasteiger partial charge in [0.25, 0.3) is 0 Å². The Balaban J connectivity index is 1.21. The van der Waals surface area contributed by atoms with E-state index in [1.165, 1.54) is 5.56 Å². The molecule has 1 aliphatic rings. The van der Waals surface area contributed by atoms with E-state index in [1.807, 2.05) is 16.8 Å². The van der Waals surface area contributed by atoms with Gasteiger partial charge in [0, 0.05) is 29.8 Å². The molecule has 1 fully saturated rings. The number of hydrogen-bond acceptors (Lipinski definition) is 5. The number of nitrogens with zero attached hydrogens (tertiary/aromatic N) is 2. The molecule has 2 aromatic heterocycles. The number of rotatable bonds is 6. The molecule has 2 heterocycles. The Labute approximate surface area is 162 Å². The normalized spacial score (nSPS) is 19.7. The van der Waals surface area contributed by atoms with E-state index < -0.39 is 0 Å². The second-order valence-electron chi connectivity index (χ2n) is 7.05. The molecule has 0 saturated heterocycles. The van der Waals surface area contributed by atoms with Gasteiger partial charge in [-0.2, -0.15) is 16.3 Å². The van der Waals surface area contributed by atoms with E-state index in [9.17, 15) is 4.79 Å². The van der Waals surface area contributed by atoms with Crippen LogP contribution >= 0.6 is 11.3 Å². The highest BCUT2D eigenvalue weighted by molar-refractivity contribution is 7.08. The Morgan fingerprint density at radius 1 is 1.15 bits per heavy atom. The summed E-state index contributed by atoms with van der Waals surface area (Å²) in [6.07, 6.45) is 5.18. The standard InChI is InChI=1S/C21H23N3O2S/c25-19(10-11-20-23-21(24-26-20)17-12-13-27-14-17)22-18-8-6-16(7-9-18)15-4-2-1-3-5-15/h1-5,12-14,16,18H,6-11H2,(H,22,25). The number of nitrogens with one attached hydrogen (secondary N) is 1. The van der Waals surface area contributed by atoms with Crippen molar-refractivity contribution in [3.05, 3.63) is 58.6 Å². The zero-order valence-electron chi connectivity index (χ0n) is 15.1. The summed E-state index contributed by atoms with van der Waals surface area (Å²) in [5.41, 5.74) is 2.37. The zero-order chi connectivity index (χ0) is 18.5. The van der Waals surface area contributed by atoms with E-state index in [0.717, 1.165) is 31.2 Å². The first-order chi connectivity index (χ1) is 13.3. The highest BCUT2D eigenvalue weighted by Crippen LogP contribution is 2.32. The van der Waals surface area contributed by atoms with Crippen LogP contribution in [0.4, 0.5) is 0 Å². The van der Waals surface area contributed by atoms with Crippen LogP contribution in [0, 0.1) is 0 Å². The molecule has 0 unspecified atom stereocenters. The van der Waals surface area contributed by atoms with Crippen LogP contribution in [0.5, 0.6) is 0 Å². The van der Waals surface area contributed by atoms with Gasteiger partial charge in [-0.25, -0.2) is 0 Å². The maximum Gasteiger partial charge on any atom is 0.227 e. The number of amides is 1. The highest BCUT2D eigenvalue weighted by atomic mass is 32.1. The van der Waals surface area contributed by atoms with Crippen molar-refractivity contribution in [3.63, 3.8) is 0 Å². The minimum Gasteiger partial charge on any atom is -0.353 e. The van der Waals surface area contributed by atoms with Crippen molar-refractivity contribution in [2.24, 2.45) is 0 Å². The summed E-state index contributed by atoms with van der Waals surface area (Å²) in [6, 6.07) is 12.9. The van der Waals surface area contributed by atoms with Gasteiger partial charge in [0.05, 0.1) is 0 Å². The van der Waals surface area contributed by atoms with Crippen molar-refractivity contribution in [2.45, 2.75) is 50.5 Å². The van der Waals surface area contributed by atoms with E-state index in [2.05, 4.69) is 45.8 Å². The van der Waals surface area contributed by atoms with Crippen LogP contribution in [-0.4, -0.2) is 22.1 Å². The van der Waals surface area contributed by atoms with Gasteiger partial charge in [-0.05, 0) is 48.6 Å². The smallest absolute Gasteiger partial charge is 0.227 e. The molecule has 4 rings (SSSR count). The fourth-order valence-corrected chi connectivity index (χ4v) is 4.32. The molecule has 5 nitrogen and oxygen atoms in total. The molecule has 3 aromatic rings. The summed E-state index contributed by atoms with van der Waals surface area (Å²) in [5, 5.41) is 11.1. The summed E-state index contributed by atoms with van der Waals surface area (Å²) < 4.78 is 5.26. The average Bonchev–Trinajstić information content (AvgIpc) is 3.39. The number of carbonyl (C=O) groups excluding carboxylic acids is 1. The SMILES string of the molecule is O=C(CCc1nc(-c2ccsc2)no1)NC1CCC(c2ccccc2)CC1. The molecule has 0 bridgehead atoms. The molecule has 0 radical (unpaired) electrons. The number of hydrogen-bond donors (Lipinski definition) is 1. The Hall–Kier alpha value is -2.47. The summed E-state index contributed by atoms with van der Waals surface area (Å²) in [7, 11) is 0. The lowest BCUT2D eigenvalue weighted by molar-refractivity contribution is -0.122. The second kappa shape index (κ2) is 8.48. The Morgan fingerprint density at radius 3 is 2.70 bits per heavy atom. The molecule has 1 amide bonds. The first kappa shape index (κ1) is 17.9. The van der Waals surface area contributed by atoms with Crippen LogP contribution in [0.3, 0.4) is 0 Å². The fraction of sp³-hybridized carbons (Fsp3) is 0.381. The van der Waals surface area contributed by atoms with Crippen LogP contribution in [0.1, 0.15) is 49.5 Å². The third-order valence-electron chi connectivity index (χ3n) is 5.18. The second-order valence-corrected chi connectivity index (χ2v) is 7.83. The molecule has 6 heteroatoms. The predicted octanol–water partition coefficient (Wildman–Crippen LogP) is 4.57. The van der Waals surface area contributed by atoms with E-state index in [4.69, 9.17) is 4.52 Å². The molecule has 140 valence electrons. The first-order valence-corrected chi connectivity index (χ1v) is 10.4. The molecule has 1 aromatic carbocycles. The minimum atomic E-state index is 0.0634. The maximum absolute atomic E-state index is 12.3. The minimum absolute atomic E-state index is 0.0634. The van der Waals surface area contributed by atoms with Crippen LogP contribution in [-0.2, 0) is 11.2 Å². The van der Waals surface area contributed by atoms with Crippen molar-refractivity contribution in [1.82, 2.24) is 15.5 Å². The third-order valence-corrected chi connectivity index (χ3v) is 5.86. The molecule has 0 aliphatic heterocycles. The number of thiophene rings is 1. The van der Waals surface area contributed by atoms with Crippen LogP contribution in [0.2, 0.25) is 0 Å². The van der Waals surface area contributed by atoms with E-state index in [0.29, 0.717) is 30.5 Å². The number of carbonyl (C=O) groups is 1. The Kier molecular flexibility index (Phi) is 5.63. The summed E-state index contributed by atoms with van der Waals surface area (Å²) in [6.45, 7) is 0. The van der Waals surface area contributed by atoms with Gasteiger partial charge in [0.15, 0.2) is 0 Å². The lowest BCUT2D eigenvalue weighted by atomic mass is 9.82. The van der Waals surface area contributed by atoms with Gasteiger partial charge >= 0.3 is 0 Å². The van der Waals surface area contributed by atoms with Gasteiger partial charge in [0.1, 0.15) is 0 Å². The van der Waals surface area contributed by atoms with Gasteiger partial charge in [0.2, 0.25) is 17.6 Å². The largest absolute Gasteiger partial charge is 0.353 e. The molecule has 1 N–H and O–H groups in total. The molecule has 1 aliphatic carbocycles. The Bertz CT molecular complexity index is 853. The van der Waals surface area contributed by atoms with Gasteiger partial charge in [-0.1, -0.05) is 35.5 Å². The molecule has 0 atom stereocenters. The monoisotopic (exact) mass is 381 g/mol. The number of aryl methyl sites for hydroxylation is 1. The molecular formula is C21H23N3O2S. The molecule has 1 saturated carbocycles. The lowest BCUT2D eigenvalue weighted by Gasteiger charge is -2.29. The van der Waals surface area contributed by atoms with Crippen molar-refractivity contribution in [3.8, 4) is 11.4 Å². The maximum atomic E-state index is 12.3. The van der Waals surface area contributed by atoms with Gasteiger partial charge < -0.3 is 9.84 Å². The van der Waals surface area contributed by atoms with Crippen molar-refractivity contribution in [1.29, 1.82) is 0 Å². The topological polar surface area (TPSA) is 68.0 Å². The Morgan fingerprint density at radius 2 is 1.96 bits per heavy atom. The van der Waals surface area contributed by atoms with Crippen LogP contribution in [0.25, 0.3) is 11.4 Å². The highest BCUT2D eigenvalue weighted by Gasteiger charge is 2.23. The van der Waals surface area contributed by atoms with Crippen molar-refractivity contribution in [2.75, 3.05) is 0 Å². The van der Waals surface area contributed by atoms with Crippen molar-refractivity contribution < 1.29 is 9.32 Å². The first-order valence-electron chi connectivity index (χ1n) is 9.47. The number of aromatic nitrogens is 2. The molecular weight excluding hydrogens is 358 g/mol. The van der Waals surface area contributed by atoms with Gasteiger partial charge in [-0.15, -0.1) is 0 Å². The molecule has 27 heavy (non-hydrogen) atoms. The summed E-state index contributed by atoms with van der Waals surface area (Å²) >= 11 is 1.59. The average molecular weight is 382 g/mol. The van der Waals surface area contributed by atoms with Crippen LogP contribution < -0.4 is 5.32 Å². The van der Waals surface area contributed by atoms with Gasteiger partial charge in [-0.3, -0.25) is 4.79 Å². The lowest BCUT2D eigenvalue weighted by Crippen LogP contribution is -2.37. The third kappa shape index (κ3) is 4.63. The van der Waals surface area contributed by atoms with Crippen LogP contribution in [0.15, 0.2) is 51.7 Å². The quantitative estimate of drug-likeness (QED) is 0.679.